The van der Waals surface area contributed by atoms with Crippen LogP contribution in [-0.2, 0) is 4.79 Å². The molecule has 5 heteroatoms. The summed E-state index contributed by atoms with van der Waals surface area (Å²) in [6, 6.07) is 8.82. The Hall–Kier alpha value is -2.33. The number of fused-ring (bicyclic) bond motifs is 1. The third-order valence-electron chi connectivity index (χ3n) is 3.17. The van der Waals surface area contributed by atoms with E-state index in [4.69, 9.17) is 11.6 Å². The van der Waals surface area contributed by atoms with Gasteiger partial charge in [-0.3, -0.25) is 9.59 Å². The summed E-state index contributed by atoms with van der Waals surface area (Å²) in [5.74, 6) is -0.409. The number of hydrogen-bond acceptors (Lipinski definition) is 2. The van der Waals surface area contributed by atoms with Gasteiger partial charge in [-0.15, -0.1) is 11.6 Å². The first-order valence-corrected chi connectivity index (χ1v) is 6.62. The standard InChI is InChI=1S/C15H11ClN2O2/c16-8-14(19)9-3-4-13-11(6-9)12(15(20)18-13)7-10-2-1-5-17-10/h1-7,17H,8H2,(H,18,20)/b12-7-. The molecular formula is C15H11ClN2O2. The van der Waals surface area contributed by atoms with Crippen molar-refractivity contribution in [2.24, 2.45) is 0 Å². The number of nitrogens with one attached hydrogen (secondary N) is 2. The Bertz CT molecular complexity index is 717. The van der Waals surface area contributed by atoms with E-state index >= 15 is 0 Å². The minimum absolute atomic E-state index is 0.0736. The van der Waals surface area contributed by atoms with Crippen molar-refractivity contribution in [3.05, 3.63) is 53.3 Å². The number of aromatic nitrogens is 1. The van der Waals surface area contributed by atoms with Gasteiger partial charge in [-0.1, -0.05) is 0 Å². The third-order valence-corrected chi connectivity index (χ3v) is 3.41. The van der Waals surface area contributed by atoms with Gasteiger partial charge in [0, 0.05) is 28.7 Å². The summed E-state index contributed by atoms with van der Waals surface area (Å²) in [5.41, 5.74) is 3.30. The normalized spacial score (nSPS) is 15.2. The number of rotatable bonds is 3. The fraction of sp³-hybridized carbons (Fsp3) is 0.0667. The smallest absolute Gasteiger partial charge is 0.256 e. The molecule has 100 valence electrons. The van der Waals surface area contributed by atoms with Crippen LogP contribution in [0.4, 0.5) is 5.69 Å². The molecule has 2 heterocycles. The molecule has 0 saturated heterocycles. The number of aromatic amines is 1. The Balaban J connectivity index is 2.08. The van der Waals surface area contributed by atoms with E-state index in [0.717, 1.165) is 11.3 Å². The van der Waals surface area contributed by atoms with E-state index in [1.165, 1.54) is 0 Å². The van der Waals surface area contributed by atoms with Gasteiger partial charge in [-0.25, -0.2) is 0 Å². The largest absolute Gasteiger partial charge is 0.362 e. The van der Waals surface area contributed by atoms with E-state index in [9.17, 15) is 9.59 Å². The second-order valence-corrected chi connectivity index (χ2v) is 4.72. The first-order valence-electron chi connectivity index (χ1n) is 6.09. The summed E-state index contributed by atoms with van der Waals surface area (Å²) >= 11 is 5.57. The van der Waals surface area contributed by atoms with Crippen molar-refractivity contribution in [3.63, 3.8) is 0 Å². The van der Waals surface area contributed by atoms with E-state index in [0.29, 0.717) is 16.8 Å². The average molecular weight is 287 g/mol. The lowest BCUT2D eigenvalue weighted by molar-refractivity contribution is -0.110. The summed E-state index contributed by atoms with van der Waals surface area (Å²) in [4.78, 5) is 26.7. The number of alkyl halides is 1. The van der Waals surface area contributed by atoms with Crippen molar-refractivity contribution >= 4 is 40.6 Å². The molecule has 1 amide bonds. The molecule has 1 aromatic carbocycles. The van der Waals surface area contributed by atoms with Gasteiger partial charge in [0.25, 0.3) is 5.91 Å². The van der Waals surface area contributed by atoms with Crippen LogP contribution in [0.3, 0.4) is 0 Å². The summed E-state index contributed by atoms with van der Waals surface area (Å²) in [5, 5.41) is 2.78. The highest BCUT2D eigenvalue weighted by molar-refractivity contribution is 6.35. The molecule has 0 spiro atoms. The summed E-state index contributed by atoms with van der Waals surface area (Å²) in [6.45, 7) is 0. The maximum Gasteiger partial charge on any atom is 0.256 e. The van der Waals surface area contributed by atoms with Gasteiger partial charge in [0.2, 0.25) is 0 Å². The first kappa shape index (κ1) is 12.7. The Morgan fingerprint density at radius 1 is 1.30 bits per heavy atom. The molecule has 1 aliphatic rings. The van der Waals surface area contributed by atoms with E-state index in [-0.39, 0.29) is 17.6 Å². The van der Waals surface area contributed by atoms with Crippen molar-refractivity contribution < 1.29 is 9.59 Å². The zero-order valence-corrected chi connectivity index (χ0v) is 11.2. The van der Waals surface area contributed by atoms with Crippen LogP contribution in [0.25, 0.3) is 11.6 Å². The monoisotopic (exact) mass is 286 g/mol. The van der Waals surface area contributed by atoms with Gasteiger partial charge in [-0.2, -0.15) is 0 Å². The fourth-order valence-corrected chi connectivity index (χ4v) is 2.33. The number of benzene rings is 1. The van der Waals surface area contributed by atoms with Crippen molar-refractivity contribution in [2.45, 2.75) is 0 Å². The number of H-pyrrole nitrogens is 1. The number of hydrogen-bond donors (Lipinski definition) is 2. The second-order valence-electron chi connectivity index (χ2n) is 4.45. The zero-order valence-electron chi connectivity index (χ0n) is 10.4. The first-order chi connectivity index (χ1) is 9.69. The molecule has 0 fully saturated rings. The van der Waals surface area contributed by atoms with Crippen LogP contribution in [-0.4, -0.2) is 22.6 Å². The molecule has 3 rings (SSSR count). The minimum atomic E-state index is -0.176. The molecular weight excluding hydrogens is 276 g/mol. The molecule has 2 N–H and O–H groups in total. The predicted octanol–water partition coefficient (Wildman–Crippen LogP) is 2.93. The number of ketones is 1. The number of carbonyl (C=O) groups excluding carboxylic acids is 2. The molecule has 20 heavy (non-hydrogen) atoms. The van der Waals surface area contributed by atoms with E-state index in [1.54, 1.807) is 30.5 Å². The lowest BCUT2D eigenvalue weighted by atomic mass is 10.0. The highest BCUT2D eigenvalue weighted by Crippen LogP contribution is 2.33. The maximum atomic E-state index is 12.0. The van der Waals surface area contributed by atoms with Crippen LogP contribution >= 0.6 is 11.6 Å². The molecule has 0 atom stereocenters. The molecule has 4 nitrogen and oxygen atoms in total. The average Bonchev–Trinajstić information content (AvgIpc) is 3.07. The second kappa shape index (κ2) is 4.98. The van der Waals surface area contributed by atoms with Crippen LogP contribution in [0.15, 0.2) is 36.5 Å². The van der Waals surface area contributed by atoms with Crippen LogP contribution < -0.4 is 5.32 Å². The van der Waals surface area contributed by atoms with Crippen molar-refractivity contribution in [1.82, 2.24) is 4.98 Å². The van der Waals surface area contributed by atoms with Crippen LogP contribution in [0.2, 0.25) is 0 Å². The highest BCUT2D eigenvalue weighted by Gasteiger charge is 2.25. The molecule has 1 aromatic heterocycles. The van der Waals surface area contributed by atoms with Gasteiger partial charge in [0.05, 0.1) is 11.5 Å². The maximum absolute atomic E-state index is 12.0. The predicted molar refractivity (Wildman–Crippen MR) is 78.8 cm³/mol. The number of Topliss-reactive ketones (excluding diaryl/α,β-unsaturated/α-hetero) is 1. The van der Waals surface area contributed by atoms with Crippen molar-refractivity contribution in [1.29, 1.82) is 0 Å². The van der Waals surface area contributed by atoms with Gasteiger partial charge in [0.1, 0.15) is 0 Å². The summed E-state index contributed by atoms with van der Waals surface area (Å²) in [6.07, 6.45) is 3.55. The van der Waals surface area contributed by atoms with E-state index < -0.39 is 0 Å². The Morgan fingerprint density at radius 3 is 2.85 bits per heavy atom. The minimum Gasteiger partial charge on any atom is -0.362 e. The van der Waals surface area contributed by atoms with Crippen LogP contribution in [0.1, 0.15) is 21.6 Å². The molecule has 2 aromatic rings. The van der Waals surface area contributed by atoms with E-state index in [2.05, 4.69) is 10.3 Å². The molecule has 1 aliphatic heterocycles. The van der Waals surface area contributed by atoms with Crippen LogP contribution in [0, 0.1) is 0 Å². The number of anilines is 1. The topological polar surface area (TPSA) is 62.0 Å². The Morgan fingerprint density at radius 2 is 2.15 bits per heavy atom. The number of amides is 1. The lowest BCUT2D eigenvalue weighted by Gasteiger charge is -2.02. The fourth-order valence-electron chi connectivity index (χ4n) is 2.17. The number of halogens is 1. The van der Waals surface area contributed by atoms with Crippen molar-refractivity contribution in [3.8, 4) is 0 Å². The summed E-state index contributed by atoms with van der Waals surface area (Å²) < 4.78 is 0. The molecule has 0 aliphatic carbocycles. The van der Waals surface area contributed by atoms with Gasteiger partial charge in [0.15, 0.2) is 5.78 Å². The third kappa shape index (κ3) is 2.14. The zero-order chi connectivity index (χ0) is 14.1. The molecule has 0 saturated carbocycles. The SMILES string of the molecule is O=C1Nc2ccc(C(=O)CCl)cc2/C1=C/c1ccc[nH]1. The summed E-state index contributed by atoms with van der Waals surface area (Å²) in [7, 11) is 0. The van der Waals surface area contributed by atoms with Gasteiger partial charge < -0.3 is 10.3 Å². The lowest BCUT2D eigenvalue weighted by Crippen LogP contribution is -2.03. The highest BCUT2D eigenvalue weighted by atomic mass is 35.5. The van der Waals surface area contributed by atoms with Crippen LogP contribution in [0.5, 0.6) is 0 Å². The molecule has 0 radical (unpaired) electrons. The Kier molecular flexibility index (Phi) is 3.16. The quantitative estimate of drug-likeness (QED) is 0.518. The van der Waals surface area contributed by atoms with Gasteiger partial charge >= 0.3 is 0 Å². The van der Waals surface area contributed by atoms with Crippen molar-refractivity contribution in [2.75, 3.05) is 11.2 Å². The van der Waals surface area contributed by atoms with E-state index in [1.807, 2.05) is 12.1 Å². The molecule has 0 unspecified atom stereocenters. The number of carbonyl (C=O) groups is 2. The molecule has 0 bridgehead atoms. The Labute approximate surface area is 120 Å². The van der Waals surface area contributed by atoms with Gasteiger partial charge in [-0.05, 0) is 36.4 Å².